The number of carbonyl (C=O) groups is 1. The third-order valence-electron chi connectivity index (χ3n) is 3.76. The van der Waals surface area contributed by atoms with E-state index in [1.807, 2.05) is 25.1 Å². The van der Waals surface area contributed by atoms with E-state index in [0.29, 0.717) is 18.9 Å². The molecule has 7 nitrogen and oxygen atoms in total. The molecule has 5 unspecified atom stereocenters. The molecule has 3 rings (SSSR count). The van der Waals surface area contributed by atoms with Gasteiger partial charge in [-0.15, -0.1) is 0 Å². The van der Waals surface area contributed by atoms with Crippen LogP contribution in [0.4, 0.5) is 4.79 Å². The summed E-state index contributed by atoms with van der Waals surface area (Å²) >= 11 is 0. The second kappa shape index (κ2) is 6.51. The number of nitrogens with one attached hydrogen (secondary N) is 2. The number of ether oxygens (including phenoxy) is 3. The SMILES string of the molecule is CCNC(=O)NC1C2COC(O2)C(Oc2ccccc2)C1O. The molecule has 1 aromatic carbocycles. The molecule has 0 aromatic heterocycles. The lowest BCUT2D eigenvalue weighted by atomic mass is 9.98. The van der Waals surface area contributed by atoms with E-state index in [0.717, 1.165) is 0 Å². The highest BCUT2D eigenvalue weighted by Gasteiger charge is 2.52. The Morgan fingerprint density at radius 1 is 1.41 bits per heavy atom. The van der Waals surface area contributed by atoms with Gasteiger partial charge in [-0.05, 0) is 19.1 Å². The summed E-state index contributed by atoms with van der Waals surface area (Å²) in [5, 5.41) is 15.9. The fourth-order valence-electron chi connectivity index (χ4n) is 2.71. The Bertz CT molecular complexity index is 512. The number of benzene rings is 1. The molecule has 0 aliphatic carbocycles. The van der Waals surface area contributed by atoms with Gasteiger partial charge < -0.3 is 30.0 Å². The van der Waals surface area contributed by atoms with Gasteiger partial charge in [0.25, 0.3) is 0 Å². The Hall–Kier alpha value is -1.83. The van der Waals surface area contributed by atoms with Crippen LogP contribution in [-0.4, -0.2) is 54.9 Å². The molecule has 5 atom stereocenters. The van der Waals surface area contributed by atoms with Crippen molar-refractivity contribution in [3.05, 3.63) is 30.3 Å². The fourth-order valence-corrected chi connectivity index (χ4v) is 2.71. The molecule has 2 heterocycles. The van der Waals surface area contributed by atoms with Crippen molar-refractivity contribution in [3.8, 4) is 5.75 Å². The molecule has 0 radical (unpaired) electrons. The van der Waals surface area contributed by atoms with Gasteiger partial charge in [-0.25, -0.2) is 4.79 Å². The summed E-state index contributed by atoms with van der Waals surface area (Å²) in [5.74, 6) is 0.612. The molecular weight excluding hydrogens is 288 g/mol. The molecule has 2 aliphatic rings. The zero-order chi connectivity index (χ0) is 15.5. The van der Waals surface area contributed by atoms with Crippen LogP contribution >= 0.6 is 0 Å². The molecule has 7 heteroatoms. The standard InChI is InChI=1S/C15H20N2O5/c1-2-16-15(19)17-11-10-8-20-14(22-10)13(12(11)18)21-9-6-4-3-5-7-9/h3-7,10-14,18H,2,8H2,1H3,(H2,16,17,19). The summed E-state index contributed by atoms with van der Waals surface area (Å²) in [4.78, 5) is 11.7. The Kier molecular flexibility index (Phi) is 4.47. The van der Waals surface area contributed by atoms with Crippen LogP contribution in [0.1, 0.15) is 6.92 Å². The van der Waals surface area contributed by atoms with Crippen molar-refractivity contribution in [3.63, 3.8) is 0 Å². The van der Waals surface area contributed by atoms with Gasteiger partial charge in [0.05, 0.1) is 12.6 Å². The van der Waals surface area contributed by atoms with E-state index in [9.17, 15) is 9.90 Å². The molecule has 2 fully saturated rings. The van der Waals surface area contributed by atoms with Crippen molar-refractivity contribution in [2.45, 2.75) is 37.6 Å². The summed E-state index contributed by atoms with van der Waals surface area (Å²) in [7, 11) is 0. The van der Waals surface area contributed by atoms with Crippen LogP contribution in [0.25, 0.3) is 0 Å². The first kappa shape index (κ1) is 15.1. The first-order valence-corrected chi connectivity index (χ1v) is 7.40. The molecular formula is C15H20N2O5. The lowest BCUT2D eigenvalue weighted by Crippen LogP contribution is -2.63. The third-order valence-corrected chi connectivity index (χ3v) is 3.76. The van der Waals surface area contributed by atoms with Gasteiger partial charge in [0.15, 0.2) is 12.4 Å². The molecule has 2 aliphatic heterocycles. The smallest absolute Gasteiger partial charge is 0.315 e. The number of hydrogen-bond acceptors (Lipinski definition) is 5. The summed E-state index contributed by atoms with van der Waals surface area (Å²) in [6.07, 6.45) is -2.63. The molecule has 22 heavy (non-hydrogen) atoms. The summed E-state index contributed by atoms with van der Waals surface area (Å²) in [5.41, 5.74) is 0. The highest BCUT2D eigenvalue weighted by molar-refractivity contribution is 5.74. The zero-order valence-corrected chi connectivity index (χ0v) is 12.3. The number of fused-ring (bicyclic) bond motifs is 2. The summed E-state index contributed by atoms with van der Waals surface area (Å²) in [6, 6.07) is 8.21. The quantitative estimate of drug-likeness (QED) is 0.741. The highest BCUT2D eigenvalue weighted by atomic mass is 16.7. The molecule has 2 bridgehead atoms. The van der Waals surface area contributed by atoms with Crippen molar-refractivity contribution in [1.29, 1.82) is 0 Å². The first-order chi connectivity index (χ1) is 10.7. The van der Waals surface area contributed by atoms with Gasteiger partial charge in [0, 0.05) is 6.54 Å². The van der Waals surface area contributed by atoms with Crippen LogP contribution in [0.3, 0.4) is 0 Å². The van der Waals surface area contributed by atoms with Crippen molar-refractivity contribution in [2.75, 3.05) is 13.2 Å². The maximum absolute atomic E-state index is 11.7. The predicted molar refractivity (Wildman–Crippen MR) is 77.5 cm³/mol. The minimum Gasteiger partial charge on any atom is -0.482 e. The van der Waals surface area contributed by atoms with E-state index in [-0.39, 0.29) is 12.1 Å². The van der Waals surface area contributed by atoms with Gasteiger partial charge in [0.2, 0.25) is 0 Å². The lowest BCUT2D eigenvalue weighted by molar-refractivity contribution is -0.192. The number of urea groups is 1. The van der Waals surface area contributed by atoms with Crippen molar-refractivity contribution in [1.82, 2.24) is 10.6 Å². The molecule has 3 N–H and O–H groups in total. The molecule has 2 saturated heterocycles. The molecule has 1 aromatic rings. The fraction of sp³-hybridized carbons (Fsp3) is 0.533. The van der Waals surface area contributed by atoms with Crippen molar-refractivity contribution < 1.29 is 24.1 Å². The average molecular weight is 308 g/mol. The largest absolute Gasteiger partial charge is 0.482 e. The van der Waals surface area contributed by atoms with Crippen molar-refractivity contribution >= 4 is 6.03 Å². The van der Waals surface area contributed by atoms with Crippen LogP contribution in [-0.2, 0) is 9.47 Å². The second-order valence-corrected chi connectivity index (χ2v) is 5.29. The Morgan fingerprint density at radius 3 is 2.91 bits per heavy atom. The Labute approximate surface area is 128 Å². The van der Waals surface area contributed by atoms with Gasteiger partial charge in [-0.3, -0.25) is 0 Å². The Morgan fingerprint density at radius 2 is 2.18 bits per heavy atom. The second-order valence-electron chi connectivity index (χ2n) is 5.29. The number of aliphatic hydroxyl groups excluding tert-OH is 1. The molecule has 120 valence electrons. The third kappa shape index (κ3) is 3.01. The minimum absolute atomic E-state index is 0.313. The first-order valence-electron chi connectivity index (χ1n) is 7.40. The predicted octanol–water partition coefficient (Wildman–Crippen LogP) is 0.238. The lowest BCUT2D eigenvalue weighted by Gasteiger charge is -2.38. The van der Waals surface area contributed by atoms with Gasteiger partial charge in [0.1, 0.15) is 18.0 Å². The maximum Gasteiger partial charge on any atom is 0.315 e. The van der Waals surface area contributed by atoms with Gasteiger partial charge in [-0.2, -0.15) is 0 Å². The number of amides is 2. The zero-order valence-electron chi connectivity index (χ0n) is 12.3. The van der Waals surface area contributed by atoms with E-state index in [4.69, 9.17) is 14.2 Å². The maximum atomic E-state index is 11.7. The number of carbonyl (C=O) groups excluding carboxylic acids is 1. The number of hydrogen-bond donors (Lipinski definition) is 3. The average Bonchev–Trinajstić information content (AvgIpc) is 2.96. The van der Waals surface area contributed by atoms with E-state index >= 15 is 0 Å². The van der Waals surface area contributed by atoms with Crippen LogP contribution in [0.15, 0.2) is 30.3 Å². The van der Waals surface area contributed by atoms with Crippen molar-refractivity contribution in [2.24, 2.45) is 0 Å². The van der Waals surface area contributed by atoms with Gasteiger partial charge >= 0.3 is 6.03 Å². The highest BCUT2D eigenvalue weighted by Crippen LogP contribution is 2.31. The molecule has 0 saturated carbocycles. The number of para-hydroxylation sites is 1. The molecule has 2 amide bonds. The van der Waals surface area contributed by atoms with E-state index in [1.165, 1.54) is 0 Å². The van der Waals surface area contributed by atoms with E-state index < -0.39 is 24.5 Å². The van der Waals surface area contributed by atoms with E-state index in [2.05, 4.69) is 10.6 Å². The monoisotopic (exact) mass is 308 g/mol. The van der Waals surface area contributed by atoms with Crippen LogP contribution in [0.5, 0.6) is 5.75 Å². The summed E-state index contributed by atoms with van der Waals surface area (Å²) in [6.45, 7) is 2.64. The Balaban J connectivity index is 1.72. The van der Waals surface area contributed by atoms with Gasteiger partial charge in [-0.1, -0.05) is 18.2 Å². The van der Waals surface area contributed by atoms with Crippen LogP contribution < -0.4 is 15.4 Å². The molecule has 0 spiro atoms. The van der Waals surface area contributed by atoms with E-state index in [1.54, 1.807) is 12.1 Å². The minimum atomic E-state index is -0.922. The number of rotatable bonds is 4. The summed E-state index contributed by atoms with van der Waals surface area (Å²) < 4.78 is 17.0. The normalized spacial score (nSPS) is 33.3. The van der Waals surface area contributed by atoms with Crippen LogP contribution in [0, 0.1) is 0 Å². The van der Waals surface area contributed by atoms with Crippen LogP contribution in [0.2, 0.25) is 0 Å². The topological polar surface area (TPSA) is 89.1 Å². The number of aliphatic hydroxyl groups is 1.